The second-order valence-electron chi connectivity index (χ2n) is 4.77. The highest BCUT2D eigenvalue weighted by Crippen LogP contribution is 2.37. The Morgan fingerprint density at radius 1 is 1.06 bits per heavy atom. The second-order valence-corrected chi connectivity index (χ2v) is 4.77. The van der Waals surface area contributed by atoms with E-state index in [0.717, 1.165) is 12.8 Å². The van der Waals surface area contributed by atoms with Gasteiger partial charge in [-0.05, 0) is 40.7 Å². The van der Waals surface area contributed by atoms with Crippen LogP contribution in [0.25, 0.3) is 11.1 Å². The van der Waals surface area contributed by atoms with Gasteiger partial charge in [0.25, 0.3) is 0 Å². The molecule has 0 aliphatic heterocycles. The minimum atomic E-state index is 0.170. The summed E-state index contributed by atoms with van der Waals surface area (Å²) in [4.78, 5) is 0. The van der Waals surface area contributed by atoms with Crippen LogP contribution in [0.15, 0.2) is 42.5 Å². The fourth-order valence-corrected chi connectivity index (χ4v) is 2.63. The average molecular weight is 223 g/mol. The van der Waals surface area contributed by atoms with Crippen LogP contribution in [0.4, 0.5) is 0 Å². The normalized spacial score (nSPS) is 14.2. The summed E-state index contributed by atoms with van der Waals surface area (Å²) in [6, 6.07) is 15.5. The first-order valence-electron chi connectivity index (χ1n) is 6.26. The van der Waals surface area contributed by atoms with E-state index in [4.69, 9.17) is 5.73 Å². The van der Waals surface area contributed by atoms with Crippen molar-refractivity contribution in [1.29, 1.82) is 0 Å². The van der Waals surface area contributed by atoms with E-state index in [1.165, 1.54) is 27.8 Å². The van der Waals surface area contributed by atoms with Crippen LogP contribution in [0, 0.1) is 0 Å². The van der Waals surface area contributed by atoms with E-state index in [1.54, 1.807) is 0 Å². The molecule has 0 fully saturated rings. The summed E-state index contributed by atoms with van der Waals surface area (Å²) in [5.41, 5.74) is 13.0. The Bertz CT molecular complexity index is 557. The molecule has 86 valence electrons. The monoisotopic (exact) mass is 223 g/mol. The largest absolute Gasteiger partial charge is 0.324 e. The lowest BCUT2D eigenvalue weighted by atomic mass is 9.99. The van der Waals surface area contributed by atoms with Crippen LogP contribution < -0.4 is 5.73 Å². The highest BCUT2D eigenvalue weighted by Gasteiger charge is 2.18. The molecular formula is C16H17N. The average Bonchev–Trinajstić information content (AvgIpc) is 2.75. The molecule has 0 unspecified atom stereocenters. The molecule has 0 aromatic heterocycles. The molecule has 0 saturated heterocycles. The highest BCUT2D eigenvalue weighted by molar-refractivity contribution is 5.76. The van der Waals surface area contributed by atoms with E-state index in [1.807, 2.05) is 0 Å². The van der Waals surface area contributed by atoms with Gasteiger partial charge in [-0.15, -0.1) is 0 Å². The molecule has 2 aromatic rings. The summed E-state index contributed by atoms with van der Waals surface area (Å²) in [7, 11) is 0. The molecule has 0 radical (unpaired) electrons. The zero-order valence-corrected chi connectivity index (χ0v) is 10.1. The van der Waals surface area contributed by atoms with Crippen molar-refractivity contribution < 1.29 is 0 Å². The third-order valence-corrected chi connectivity index (χ3v) is 3.69. The fourth-order valence-electron chi connectivity index (χ4n) is 2.63. The van der Waals surface area contributed by atoms with Gasteiger partial charge in [-0.2, -0.15) is 0 Å². The van der Waals surface area contributed by atoms with Crippen molar-refractivity contribution in [2.24, 2.45) is 5.73 Å². The minimum absolute atomic E-state index is 0.170. The second kappa shape index (κ2) is 4.01. The van der Waals surface area contributed by atoms with Gasteiger partial charge in [0.1, 0.15) is 0 Å². The van der Waals surface area contributed by atoms with Crippen LogP contribution >= 0.6 is 0 Å². The number of hydrogen-bond acceptors (Lipinski definition) is 1. The summed E-state index contributed by atoms with van der Waals surface area (Å²) < 4.78 is 0. The zero-order valence-electron chi connectivity index (χ0n) is 10.1. The van der Waals surface area contributed by atoms with Gasteiger partial charge in [-0.1, -0.05) is 49.4 Å². The molecule has 0 spiro atoms. The predicted octanol–water partition coefficient (Wildman–Crippen LogP) is 3.67. The predicted molar refractivity (Wildman–Crippen MR) is 71.9 cm³/mol. The molecule has 3 rings (SSSR count). The molecule has 1 aliphatic carbocycles. The highest BCUT2D eigenvalue weighted by atomic mass is 14.6. The molecule has 17 heavy (non-hydrogen) atoms. The number of nitrogens with two attached hydrogens (primary N) is 1. The summed E-state index contributed by atoms with van der Waals surface area (Å²) in [5, 5.41) is 0. The number of fused-ring (bicyclic) bond motifs is 3. The summed E-state index contributed by atoms with van der Waals surface area (Å²) in [6.45, 7) is 2.13. The van der Waals surface area contributed by atoms with Gasteiger partial charge in [-0.25, -0.2) is 0 Å². The Kier molecular flexibility index (Phi) is 2.49. The van der Waals surface area contributed by atoms with Crippen LogP contribution in [0.3, 0.4) is 0 Å². The van der Waals surface area contributed by atoms with E-state index < -0.39 is 0 Å². The first-order valence-corrected chi connectivity index (χ1v) is 6.26. The number of benzene rings is 2. The number of hydrogen-bond donors (Lipinski definition) is 1. The molecule has 1 aliphatic rings. The maximum Gasteiger partial charge on any atom is 0.0292 e. The van der Waals surface area contributed by atoms with Gasteiger partial charge in [0.2, 0.25) is 0 Å². The van der Waals surface area contributed by atoms with E-state index in [2.05, 4.69) is 49.4 Å². The summed E-state index contributed by atoms with van der Waals surface area (Å²) in [5.74, 6) is 0. The molecule has 0 saturated carbocycles. The van der Waals surface area contributed by atoms with Crippen molar-refractivity contribution in [3.05, 3.63) is 59.2 Å². The summed E-state index contributed by atoms with van der Waals surface area (Å²) in [6.07, 6.45) is 2.04. The van der Waals surface area contributed by atoms with Crippen molar-refractivity contribution in [3.8, 4) is 11.1 Å². The van der Waals surface area contributed by atoms with Crippen LogP contribution in [-0.4, -0.2) is 0 Å². The molecule has 2 N–H and O–H groups in total. The smallest absolute Gasteiger partial charge is 0.0292 e. The van der Waals surface area contributed by atoms with E-state index in [-0.39, 0.29) is 6.04 Å². The molecule has 2 aromatic carbocycles. The van der Waals surface area contributed by atoms with Gasteiger partial charge < -0.3 is 5.73 Å². The maximum atomic E-state index is 6.09. The first-order chi connectivity index (χ1) is 8.29. The van der Waals surface area contributed by atoms with Crippen LogP contribution in [0.5, 0.6) is 0 Å². The third-order valence-electron chi connectivity index (χ3n) is 3.69. The molecular weight excluding hydrogens is 206 g/mol. The van der Waals surface area contributed by atoms with E-state index in [9.17, 15) is 0 Å². The Hall–Kier alpha value is -1.60. The van der Waals surface area contributed by atoms with Crippen molar-refractivity contribution in [3.63, 3.8) is 0 Å². The summed E-state index contributed by atoms with van der Waals surface area (Å²) >= 11 is 0. The minimum Gasteiger partial charge on any atom is -0.324 e. The van der Waals surface area contributed by atoms with Gasteiger partial charge in [0.15, 0.2) is 0 Å². The zero-order chi connectivity index (χ0) is 11.8. The third kappa shape index (κ3) is 1.67. The van der Waals surface area contributed by atoms with Gasteiger partial charge in [0, 0.05) is 6.04 Å². The van der Waals surface area contributed by atoms with Crippen molar-refractivity contribution in [2.45, 2.75) is 25.8 Å². The SMILES string of the molecule is CC[C@@H](N)c1ccc2c(c1)Cc1ccccc1-2. The van der Waals surface area contributed by atoms with Crippen LogP contribution in [0.2, 0.25) is 0 Å². The van der Waals surface area contributed by atoms with Crippen LogP contribution in [-0.2, 0) is 6.42 Å². The van der Waals surface area contributed by atoms with Crippen molar-refractivity contribution >= 4 is 0 Å². The Labute approximate surface area is 102 Å². The lowest BCUT2D eigenvalue weighted by Crippen LogP contribution is -2.08. The van der Waals surface area contributed by atoms with Crippen LogP contribution in [0.1, 0.15) is 36.1 Å². The fraction of sp³-hybridized carbons (Fsp3) is 0.250. The lowest BCUT2D eigenvalue weighted by molar-refractivity contribution is 0.698. The van der Waals surface area contributed by atoms with Gasteiger partial charge in [0.05, 0.1) is 0 Å². The van der Waals surface area contributed by atoms with Crippen molar-refractivity contribution in [1.82, 2.24) is 0 Å². The molecule has 0 amide bonds. The molecule has 0 bridgehead atoms. The first kappa shape index (κ1) is 10.5. The molecule has 0 heterocycles. The Morgan fingerprint density at radius 3 is 2.65 bits per heavy atom. The van der Waals surface area contributed by atoms with Crippen molar-refractivity contribution in [2.75, 3.05) is 0 Å². The topological polar surface area (TPSA) is 26.0 Å². The van der Waals surface area contributed by atoms with Gasteiger partial charge >= 0.3 is 0 Å². The Morgan fingerprint density at radius 2 is 1.82 bits per heavy atom. The lowest BCUT2D eigenvalue weighted by Gasteiger charge is -2.11. The standard InChI is InChI=1S/C16H17N/c1-2-16(17)12-7-8-15-13(10-12)9-11-5-3-4-6-14(11)15/h3-8,10,16H,2,9,17H2,1H3/t16-/m1/s1. The number of rotatable bonds is 2. The Balaban J connectivity index is 2.07. The van der Waals surface area contributed by atoms with E-state index >= 15 is 0 Å². The maximum absolute atomic E-state index is 6.09. The molecule has 1 atom stereocenters. The van der Waals surface area contributed by atoms with E-state index in [0.29, 0.717) is 0 Å². The van der Waals surface area contributed by atoms with Gasteiger partial charge in [-0.3, -0.25) is 0 Å². The molecule has 1 nitrogen and oxygen atoms in total. The molecule has 1 heteroatoms. The quantitative estimate of drug-likeness (QED) is 0.705.